The Balaban J connectivity index is 1.66. The van der Waals surface area contributed by atoms with Gasteiger partial charge >= 0.3 is 24.2 Å². The van der Waals surface area contributed by atoms with Crippen LogP contribution in [0, 0.1) is 0 Å². The van der Waals surface area contributed by atoms with Gasteiger partial charge in [-0.15, -0.1) is 11.3 Å². The third-order valence-electron chi connectivity index (χ3n) is 5.43. The number of nitrogens with zero attached hydrogens (tertiary/aromatic N) is 1. The van der Waals surface area contributed by atoms with Crippen molar-refractivity contribution in [3.63, 3.8) is 0 Å². The van der Waals surface area contributed by atoms with E-state index in [1.807, 2.05) is 0 Å². The van der Waals surface area contributed by atoms with Gasteiger partial charge in [0.1, 0.15) is 11.0 Å². The van der Waals surface area contributed by atoms with Crippen LogP contribution in [0.1, 0.15) is 38.5 Å². The van der Waals surface area contributed by atoms with Crippen LogP contribution in [0.5, 0.6) is 0 Å². The van der Waals surface area contributed by atoms with E-state index in [1.54, 1.807) is 6.07 Å². The molecule has 1 saturated heterocycles. The van der Waals surface area contributed by atoms with Crippen molar-refractivity contribution in [1.82, 2.24) is 4.90 Å². The lowest BCUT2D eigenvalue weighted by Gasteiger charge is -2.33. The first-order valence-corrected chi connectivity index (χ1v) is 11.4. The molecule has 1 aromatic carbocycles. The number of carbonyl (C=O) groups is 2. The second-order valence-corrected chi connectivity index (χ2v) is 9.04. The number of thiophene rings is 1. The molecular weight excluding hydrogens is 497 g/mol. The fourth-order valence-electron chi connectivity index (χ4n) is 3.58. The standard InChI is InChI=1S/C23H22F5NO5S/c24-22(25,14-3-1-4-15(13-14)23(26,27)28)19(30)9-6-16-10-12-34-21(33)29(16)11-2-5-17-7-8-18(35-17)20(31)32/h1,3-4,6-9,13,16,19,30H,2,5,10-12H2,(H,31,32)/b9-6+/t16-,19+/m0/s1. The number of aromatic carboxylic acids is 1. The van der Waals surface area contributed by atoms with Crippen LogP contribution in [0.25, 0.3) is 0 Å². The summed E-state index contributed by atoms with van der Waals surface area (Å²) in [6, 6.07) is 5.08. The number of cyclic esters (lactones) is 1. The van der Waals surface area contributed by atoms with Crippen LogP contribution in [0.3, 0.4) is 0 Å². The third kappa shape index (κ3) is 6.57. The molecule has 0 unspecified atom stereocenters. The molecule has 0 spiro atoms. The largest absolute Gasteiger partial charge is 0.477 e. The number of ether oxygens (including phenoxy) is 1. The molecule has 35 heavy (non-hydrogen) atoms. The zero-order valence-electron chi connectivity index (χ0n) is 18.2. The van der Waals surface area contributed by atoms with E-state index in [0.717, 1.165) is 34.4 Å². The van der Waals surface area contributed by atoms with E-state index in [4.69, 9.17) is 9.84 Å². The van der Waals surface area contributed by atoms with E-state index in [9.17, 15) is 36.6 Å². The third-order valence-corrected chi connectivity index (χ3v) is 6.56. The van der Waals surface area contributed by atoms with Gasteiger partial charge in [0.15, 0.2) is 0 Å². The summed E-state index contributed by atoms with van der Waals surface area (Å²) >= 11 is 1.11. The molecule has 190 valence electrons. The second kappa shape index (κ2) is 10.7. The van der Waals surface area contributed by atoms with Gasteiger partial charge in [0, 0.05) is 23.4 Å². The molecule has 2 aromatic rings. The number of carbonyl (C=O) groups excluding carboxylic acids is 1. The Labute approximate surface area is 201 Å². The van der Waals surface area contributed by atoms with Crippen molar-refractivity contribution >= 4 is 23.4 Å². The van der Waals surface area contributed by atoms with E-state index in [-0.39, 0.29) is 24.4 Å². The topological polar surface area (TPSA) is 87.1 Å². The second-order valence-electron chi connectivity index (χ2n) is 7.87. The minimum atomic E-state index is -4.81. The molecule has 1 aliphatic rings. The highest BCUT2D eigenvalue weighted by molar-refractivity contribution is 7.13. The van der Waals surface area contributed by atoms with Crippen molar-refractivity contribution in [2.75, 3.05) is 13.2 Å². The molecule has 0 bridgehead atoms. The maximum absolute atomic E-state index is 14.7. The summed E-state index contributed by atoms with van der Waals surface area (Å²) in [7, 11) is 0. The molecule has 2 heterocycles. The highest BCUT2D eigenvalue weighted by Crippen LogP contribution is 2.37. The molecule has 6 nitrogen and oxygen atoms in total. The summed E-state index contributed by atoms with van der Waals surface area (Å²) in [5.41, 5.74) is -2.24. The van der Waals surface area contributed by atoms with Crippen molar-refractivity contribution in [3.05, 3.63) is 69.4 Å². The fourth-order valence-corrected chi connectivity index (χ4v) is 4.47. The lowest BCUT2D eigenvalue weighted by atomic mass is 9.99. The smallest absolute Gasteiger partial charge is 0.416 e. The average Bonchev–Trinajstić information content (AvgIpc) is 3.27. The van der Waals surface area contributed by atoms with Gasteiger partial charge in [-0.2, -0.15) is 22.0 Å². The van der Waals surface area contributed by atoms with Crippen molar-refractivity contribution in [1.29, 1.82) is 0 Å². The predicted molar refractivity (Wildman–Crippen MR) is 117 cm³/mol. The van der Waals surface area contributed by atoms with Gasteiger partial charge in [-0.25, -0.2) is 9.59 Å². The summed E-state index contributed by atoms with van der Waals surface area (Å²) in [6.45, 7) is 0.228. The minimum absolute atomic E-state index is 0.0390. The fraction of sp³-hybridized carbons (Fsp3) is 0.391. The lowest BCUT2D eigenvalue weighted by Crippen LogP contribution is -2.45. The number of aryl methyl sites for hydroxylation is 1. The van der Waals surface area contributed by atoms with Gasteiger partial charge in [0.25, 0.3) is 0 Å². The molecule has 2 atom stereocenters. The number of hydrogen-bond donors (Lipinski definition) is 2. The summed E-state index contributed by atoms with van der Waals surface area (Å²) in [5, 5.41) is 19.1. The number of benzene rings is 1. The summed E-state index contributed by atoms with van der Waals surface area (Å²) in [6.07, 6.45) is -4.71. The van der Waals surface area contributed by atoms with Gasteiger partial charge in [-0.1, -0.05) is 24.3 Å². The molecule has 0 saturated carbocycles. The van der Waals surface area contributed by atoms with Gasteiger partial charge in [-0.05, 0) is 37.1 Å². The number of rotatable bonds is 9. The number of aliphatic hydroxyl groups is 1. The zero-order chi connectivity index (χ0) is 25.8. The molecule has 1 amide bonds. The van der Waals surface area contributed by atoms with E-state index in [1.165, 1.54) is 17.0 Å². The van der Waals surface area contributed by atoms with Crippen LogP contribution in [-0.2, 0) is 23.3 Å². The highest BCUT2D eigenvalue weighted by atomic mass is 32.1. The normalized spacial score (nSPS) is 18.1. The number of carboxylic acid groups (broad SMARTS) is 1. The van der Waals surface area contributed by atoms with E-state index in [2.05, 4.69) is 0 Å². The number of alkyl halides is 5. The molecule has 2 N–H and O–H groups in total. The number of aliphatic hydroxyl groups excluding tert-OH is 1. The van der Waals surface area contributed by atoms with E-state index < -0.39 is 47.4 Å². The van der Waals surface area contributed by atoms with Crippen LogP contribution in [-0.4, -0.2) is 52.5 Å². The predicted octanol–water partition coefficient (Wildman–Crippen LogP) is 5.32. The molecule has 1 aromatic heterocycles. The molecule has 12 heteroatoms. The van der Waals surface area contributed by atoms with Crippen LogP contribution in [0.15, 0.2) is 48.6 Å². The number of amides is 1. The molecule has 1 aliphatic heterocycles. The van der Waals surface area contributed by atoms with Crippen LogP contribution < -0.4 is 0 Å². The summed E-state index contributed by atoms with van der Waals surface area (Å²) in [5.74, 6) is -5.04. The summed E-state index contributed by atoms with van der Waals surface area (Å²) in [4.78, 5) is 25.5. The highest BCUT2D eigenvalue weighted by Gasteiger charge is 2.41. The summed E-state index contributed by atoms with van der Waals surface area (Å²) < 4.78 is 73.0. The maximum atomic E-state index is 14.7. The Morgan fingerprint density at radius 3 is 2.57 bits per heavy atom. The SMILES string of the molecule is O=C(O)c1ccc(CCCN2C(=O)OCC[C@@H]2/C=C/[C@@H](O)C(F)(F)c2cccc(C(F)(F)F)c2)s1. The number of halogens is 5. The van der Waals surface area contributed by atoms with E-state index >= 15 is 0 Å². The minimum Gasteiger partial charge on any atom is -0.477 e. The Morgan fingerprint density at radius 1 is 1.20 bits per heavy atom. The van der Waals surface area contributed by atoms with Crippen molar-refractivity contribution in [2.45, 2.75) is 43.5 Å². The first-order valence-electron chi connectivity index (χ1n) is 10.6. The Hall–Kier alpha value is -2.99. The Morgan fingerprint density at radius 2 is 1.91 bits per heavy atom. The van der Waals surface area contributed by atoms with Gasteiger partial charge in [0.2, 0.25) is 0 Å². The van der Waals surface area contributed by atoms with Crippen LogP contribution in [0.4, 0.5) is 26.7 Å². The molecular formula is C23H22F5NO5S. The number of hydrogen-bond acceptors (Lipinski definition) is 5. The monoisotopic (exact) mass is 519 g/mol. The van der Waals surface area contributed by atoms with Crippen molar-refractivity contribution < 1.29 is 46.5 Å². The number of carboxylic acids is 1. The zero-order valence-corrected chi connectivity index (χ0v) is 19.0. The molecule has 0 aliphatic carbocycles. The quantitative estimate of drug-likeness (QED) is 0.346. The molecule has 1 fully saturated rings. The van der Waals surface area contributed by atoms with Gasteiger partial charge in [-0.3, -0.25) is 0 Å². The van der Waals surface area contributed by atoms with Gasteiger partial charge < -0.3 is 19.8 Å². The lowest BCUT2D eigenvalue weighted by molar-refractivity contribution is -0.138. The molecule has 0 radical (unpaired) electrons. The molecule has 3 rings (SSSR count). The average molecular weight is 519 g/mol. The Kier molecular flexibility index (Phi) is 8.16. The first kappa shape index (κ1) is 26.6. The van der Waals surface area contributed by atoms with Crippen molar-refractivity contribution in [2.24, 2.45) is 0 Å². The van der Waals surface area contributed by atoms with Crippen LogP contribution in [0.2, 0.25) is 0 Å². The first-order chi connectivity index (χ1) is 16.4. The van der Waals surface area contributed by atoms with Crippen LogP contribution >= 0.6 is 11.3 Å². The van der Waals surface area contributed by atoms with Gasteiger partial charge in [0.05, 0.1) is 18.2 Å². The van der Waals surface area contributed by atoms with E-state index in [0.29, 0.717) is 25.0 Å². The van der Waals surface area contributed by atoms with Crippen molar-refractivity contribution in [3.8, 4) is 0 Å². The maximum Gasteiger partial charge on any atom is 0.416 e. The Bertz CT molecular complexity index is 1080.